The van der Waals surface area contributed by atoms with Gasteiger partial charge in [-0.05, 0) is 18.2 Å². The maximum Gasteiger partial charge on any atom is 0.251 e. The van der Waals surface area contributed by atoms with Gasteiger partial charge in [0.05, 0.1) is 23.1 Å². The molecule has 0 spiro atoms. The Hall–Kier alpha value is -1.89. The Morgan fingerprint density at radius 2 is 2.22 bits per heavy atom. The Labute approximate surface area is 104 Å². The lowest BCUT2D eigenvalue weighted by atomic mass is 10.2. The van der Waals surface area contributed by atoms with Gasteiger partial charge in [-0.2, -0.15) is 0 Å². The number of amides is 1. The number of benzene rings is 1. The fourth-order valence-electron chi connectivity index (χ4n) is 1.53. The Kier molecular flexibility index (Phi) is 3.33. The molecule has 0 saturated carbocycles. The first-order valence-electron chi connectivity index (χ1n) is 5.35. The molecule has 2 aromatic rings. The van der Waals surface area contributed by atoms with Gasteiger partial charge in [0.15, 0.2) is 0 Å². The predicted molar refractivity (Wildman–Crippen MR) is 68.1 cm³/mol. The molecule has 96 valence electrons. The number of aromatic nitrogens is 2. The fourth-order valence-corrected chi connectivity index (χ4v) is 2.00. The second-order valence-corrected chi connectivity index (χ2v) is 6.28. The Balaban J connectivity index is 2.04. The lowest BCUT2D eigenvalue weighted by Gasteiger charge is -2.04. The van der Waals surface area contributed by atoms with Crippen molar-refractivity contribution in [2.24, 2.45) is 0 Å². The summed E-state index contributed by atoms with van der Waals surface area (Å²) in [7, 11) is -3.06. The minimum absolute atomic E-state index is 0.0644. The van der Waals surface area contributed by atoms with Crippen LogP contribution in [-0.2, 0) is 9.84 Å². The highest BCUT2D eigenvalue weighted by molar-refractivity contribution is 7.90. The molecule has 0 aliphatic rings. The van der Waals surface area contributed by atoms with E-state index in [1.807, 2.05) is 0 Å². The number of nitrogens with one attached hydrogen (secondary N) is 2. The van der Waals surface area contributed by atoms with Crippen LogP contribution in [0.25, 0.3) is 11.0 Å². The molecular formula is C11H13N3O3S. The number of sulfone groups is 1. The molecule has 0 atom stereocenters. The summed E-state index contributed by atoms with van der Waals surface area (Å²) < 4.78 is 21.8. The van der Waals surface area contributed by atoms with Gasteiger partial charge in [0.1, 0.15) is 9.84 Å². The highest BCUT2D eigenvalue weighted by atomic mass is 32.2. The number of carbonyl (C=O) groups excluding carboxylic acids is 1. The number of hydrogen-bond donors (Lipinski definition) is 2. The molecule has 2 rings (SSSR count). The van der Waals surface area contributed by atoms with E-state index in [2.05, 4.69) is 15.3 Å². The van der Waals surface area contributed by atoms with E-state index in [1.54, 1.807) is 24.5 Å². The molecule has 0 radical (unpaired) electrons. The van der Waals surface area contributed by atoms with Crippen LogP contribution in [0.5, 0.6) is 0 Å². The van der Waals surface area contributed by atoms with Gasteiger partial charge in [-0.3, -0.25) is 4.79 Å². The van der Waals surface area contributed by atoms with Crippen LogP contribution in [0, 0.1) is 0 Å². The van der Waals surface area contributed by atoms with Crippen molar-refractivity contribution < 1.29 is 13.2 Å². The van der Waals surface area contributed by atoms with E-state index in [9.17, 15) is 13.2 Å². The minimum atomic E-state index is -3.06. The van der Waals surface area contributed by atoms with Crippen LogP contribution in [0.1, 0.15) is 10.4 Å². The van der Waals surface area contributed by atoms with Crippen molar-refractivity contribution in [2.45, 2.75) is 0 Å². The first-order chi connectivity index (χ1) is 8.46. The zero-order chi connectivity index (χ0) is 13.2. The molecule has 0 bridgehead atoms. The Morgan fingerprint density at radius 1 is 1.44 bits per heavy atom. The summed E-state index contributed by atoms with van der Waals surface area (Å²) in [5, 5.41) is 2.56. The zero-order valence-corrected chi connectivity index (χ0v) is 10.6. The average molecular weight is 267 g/mol. The second-order valence-electron chi connectivity index (χ2n) is 4.02. The van der Waals surface area contributed by atoms with E-state index in [0.717, 1.165) is 17.3 Å². The van der Waals surface area contributed by atoms with Crippen LogP contribution in [0.4, 0.5) is 0 Å². The van der Waals surface area contributed by atoms with E-state index in [-0.39, 0.29) is 18.2 Å². The van der Waals surface area contributed by atoms with E-state index in [1.165, 1.54) is 0 Å². The number of aromatic amines is 1. The molecule has 1 aromatic heterocycles. The number of hydrogen-bond acceptors (Lipinski definition) is 4. The van der Waals surface area contributed by atoms with Crippen molar-refractivity contribution in [3.05, 3.63) is 30.1 Å². The summed E-state index contributed by atoms with van der Waals surface area (Å²) in [6, 6.07) is 5.06. The molecule has 18 heavy (non-hydrogen) atoms. The van der Waals surface area contributed by atoms with Gasteiger partial charge in [0, 0.05) is 18.4 Å². The molecule has 6 nitrogen and oxygen atoms in total. The zero-order valence-electron chi connectivity index (χ0n) is 9.80. The molecule has 7 heteroatoms. The molecule has 0 saturated heterocycles. The third-order valence-corrected chi connectivity index (χ3v) is 3.39. The first-order valence-corrected chi connectivity index (χ1v) is 7.41. The summed E-state index contributed by atoms with van der Waals surface area (Å²) in [6.07, 6.45) is 2.69. The number of rotatable bonds is 4. The topological polar surface area (TPSA) is 91.9 Å². The van der Waals surface area contributed by atoms with Crippen molar-refractivity contribution in [3.8, 4) is 0 Å². The van der Waals surface area contributed by atoms with Gasteiger partial charge in [0.2, 0.25) is 0 Å². The van der Waals surface area contributed by atoms with Gasteiger partial charge < -0.3 is 10.3 Å². The molecular weight excluding hydrogens is 254 g/mol. The summed E-state index contributed by atoms with van der Waals surface area (Å²) in [5.41, 5.74) is 2.02. The highest BCUT2D eigenvalue weighted by Crippen LogP contribution is 2.11. The van der Waals surface area contributed by atoms with Crippen molar-refractivity contribution >= 4 is 26.8 Å². The molecule has 2 N–H and O–H groups in total. The lowest BCUT2D eigenvalue weighted by Crippen LogP contribution is -2.28. The lowest BCUT2D eigenvalue weighted by molar-refractivity contribution is 0.0956. The average Bonchev–Trinajstić information content (AvgIpc) is 2.73. The second kappa shape index (κ2) is 4.77. The molecule has 1 aromatic carbocycles. The van der Waals surface area contributed by atoms with E-state index in [4.69, 9.17) is 0 Å². The van der Waals surface area contributed by atoms with Gasteiger partial charge in [0.25, 0.3) is 5.91 Å². The quantitative estimate of drug-likeness (QED) is 0.835. The number of H-pyrrole nitrogens is 1. The van der Waals surface area contributed by atoms with Crippen LogP contribution in [0.15, 0.2) is 24.5 Å². The van der Waals surface area contributed by atoms with Crippen molar-refractivity contribution in [1.29, 1.82) is 0 Å². The number of carbonyl (C=O) groups is 1. The van der Waals surface area contributed by atoms with Crippen molar-refractivity contribution in [1.82, 2.24) is 15.3 Å². The minimum Gasteiger partial charge on any atom is -0.351 e. The fraction of sp³-hybridized carbons (Fsp3) is 0.273. The predicted octanol–water partition coefficient (Wildman–Crippen LogP) is 0.337. The van der Waals surface area contributed by atoms with Crippen LogP contribution in [0.2, 0.25) is 0 Å². The van der Waals surface area contributed by atoms with Gasteiger partial charge in [-0.15, -0.1) is 0 Å². The van der Waals surface area contributed by atoms with Gasteiger partial charge in [-0.25, -0.2) is 13.4 Å². The van der Waals surface area contributed by atoms with E-state index in [0.29, 0.717) is 5.56 Å². The maximum atomic E-state index is 11.8. The summed E-state index contributed by atoms with van der Waals surface area (Å²) in [5.74, 6) is -0.361. The standard InChI is InChI=1S/C11H13N3O3S/c1-18(16,17)5-4-12-11(15)8-2-3-9-10(6-8)14-7-13-9/h2-3,6-7H,4-5H2,1H3,(H,12,15)(H,13,14). The van der Waals surface area contributed by atoms with Crippen LogP contribution >= 0.6 is 0 Å². The summed E-state index contributed by atoms with van der Waals surface area (Å²) in [6.45, 7) is 0.110. The molecule has 0 aliphatic carbocycles. The summed E-state index contributed by atoms with van der Waals surface area (Å²) >= 11 is 0. The smallest absolute Gasteiger partial charge is 0.251 e. The Morgan fingerprint density at radius 3 is 2.94 bits per heavy atom. The normalized spacial score (nSPS) is 11.6. The first kappa shape index (κ1) is 12.6. The van der Waals surface area contributed by atoms with Gasteiger partial charge in [-0.1, -0.05) is 0 Å². The molecule has 0 unspecified atom stereocenters. The monoisotopic (exact) mass is 267 g/mol. The Bertz CT molecular complexity index is 676. The largest absolute Gasteiger partial charge is 0.351 e. The molecule has 0 fully saturated rings. The summed E-state index contributed by atoms with van der Waals surface area (Å²) in [4.78, 5) is 18.7. The molecule has 1 heterocycles. The molecule has 0 aliphatic heterocycles. The molecule has 1 amide bonds. The number of imidazole rings is 1. The van der Waals surface area contributed by atoms with Crippen molar-refractivity contribution in [3.63, 3.8) is 0 Å². The van der Waals surface area contributed by atoms with Crippen LogP contribution < -0.4 is 5.32 Å². The number of nitrogens with zero attached hydrogens (tertiary/aromatic N) is 1. The maximum absolute atomic E-state index is 11.8. The van der Waals surface area contributed by atoms with Crippen LogP contribution in [0.3, 0.4) is 0 Å². The van der Waals surface area contributed by atoms with E-state index >= 15 is 0 Å². The number of fused-ring (bicyclic) bond motifs is 1. The van der Waals surface area contributed by atoms with E-state index < -0.39 is 9.84 Å². The third kappa shape index (κ3) is 3.07. The highest BCUT2D eigenvalue weighted by Gasteiger charge is 2.08. The third-order valence-electron chi connectivity index (χ3n) is 2.44. The van der Waals surface area contributed by atoms with Gasteiger partial charge >= 0.3 is 0 Å². The SMILES string of the molecule is CS(=O)(=O)CCNC(=O)c1ccc2nc[nH]c2c1. The van der Waals surface area contributed by atoms with Crippen LogP contribution in [-0.4, -0.2) is 42.8 Å². The van der Waals surface area contributed by atoms with Crippen molar-refractivity contribution in [2.75, 3.05) is 18.6 Å².